The molecule has 2 aliphatic rings. The Kier molecular flexibility index (Phi) is 3.27. The normalized spacial score (nSPS) is 17.9. The van der Waals surface area contributed by atoms with Crippen molar-refractivity contribution in [1.29, 1.82) is 0 Å². The first-order chi connectivity index (χ1) is 11.4. The predicted molar refractivity (Wildman–Crippen MR) is 90.8 cm³/mol. The number of hydrogen-bond acceptors (Lipinski definition) is 5. The van der Waals surface area contributed by atoms with Gasteiger partial charge >= 0.3 is 0 Å². The molecule has 1 aliphatic heterocycles. The standard InChI is InChI=1S/C18H17ClN2O3/c1-18(2,3)17-20-14-11(19)7-6-10(16(14)23-17)15-13(9-4-5-9)12(8-22)21-24-15/h6-7,9,21H,4-5H2,1-3H3. The van der Waals surface area contributed by atoms with Crippen LogP contribution in [0.4, 0.5) is 0 Å². The molecule has 0 radical (unpaired) electrons. The van der Waals surface area contributed by atoms with Crippen LogP contribution in [0, 0.1) is 5.92 Å². The van der Waals surface area contributed by atoms with Gasteiger partial charge in [-0.15, -0.1) is 0 Å². The summed E-state index contributed by atoms with van der Waals surface area (Å²) >= 11 is 6.30. The Hall–Kier alpha value is -2.23. The van der Waals surface area contributed by atoms with Gasteiger partial charge in [0.25, 0.3) is 0 Å². The van der Waals surface area contributed by atoms with Crippen molar-refractivity contribution in [3.8, 4) is 0 Å². The summed E-state index contributed by atoms with van der Waals surface area (Å²) in [5.41, 5.74) is 5.59. The average Bonchev–Trinajstić information content (AvgIpc) is 3.10. The highest BCUT2D eigenvalue weighted by Gasteiger charge is 2.38. The Balaban J connectivity index is 1.97. The molecule has 1 saturated carbocycles. The van der Waals surface area contributed by atoms with Crippen LogP contribution in [0.5, 0.6) is 0 Å². The van der Waals surface area contributed by atoms with Gasteiger partial charge in [0, 0.05) is 11.0 Å². The lowest BCUT2D eigenvalue weighted by Crippen LogP contribution is -2.10. The van der Waals surface area contributed by atoms with E-state index in [1.54, 1.807) is 6.07 Å². The minimum absolute atomic E-state index is 0.240. The molecule has 1 aliphatic carbocycles. The first-order valence-electron chi connectivity index (χ1n) is 7.92. The van der Waals surface area contributed by atoms with Crippen molar-refractivity contribution in [2.75, 3.05) is 0 Å². The number of nitrogens with zero attached hydrogens (tertiary/aromatic N) is 1. The molecule has 0 spiro atoms. The molecule has 1 fully saturated rings. The van der Waals surface area contributed by atoms with Crippen LogP contribution in [0.15, 0.2) is 27.8 Å². The number of halogens is 1. The van der Waals surface area contributed by atoms with Crippen molar-refractivity contribution < 1.29 is 14.0 Å². The van der Waals surface area contributed by atoms with Crippen molar-refractivity contribution in [3.05, 3.63) is 39.9 Å². The number of allylic oxidation sites excluding steroid dienone is 1. The van der Waals surface area contributed by atoms with Gasteiger partial charge in [0.1, 0.15) is 5.52 Å². The summed E-state index contributed by atoms with van der Waals surface area (Å²) in [5.74, 6) is 3.46. The van der Waals surface area contributed by atoms with Gasteiger partial charge in [-0.2, -0.15) is 0 Å². The highest BCUT2D eigenvalue weighted by molar-refractivity contribution is 6.35. The molecular weight excluding hydrogens is 328 g/mol. The molecule has 24 heavy (non-hydrogen) atoms. The Morgan fingerprint density at radius 2 is 2.08 bits per heavy atom. The summed E-state index contributed by atoms with van der Waals surface area (Å²) < 4.78 is 6.03. The lowest BCUT2D eigenvalue weighted by Gasteiger charge is -2.11. The monoisotopic (exact) mass is 344 g/mol. The van der Waals surface area contributed by atoms with Gasteiger partial charge in [-0.05, 0) is 30.9 Å². The molecule has 0 saturated heterocycles. The summed E-state index contributed by atoms with van der Waals surface area (Å²) in [6.45, 7) is 6.09. The van der Waals surface area contributed by atoms with Crippen LogP contribution < -0.4 is 5.48 Å². The van der Waals surface area contributed by atoms with Gasteiger partial charge in [-0.25, -0.2) is 15.3 Å². The highest BCUT2D eigenvalue weighted by atomic mass is 35.5. The molecule has 6 heteroatoms. The van der Waals surface area contributed by atoms with Crippen LogP contribution in [-0.2, 0) is 15.0 Å². The van der Waals surface area contributed by atoms with Crippen LogP contribution in [-0.4, -0.2) is 10.9 Å². The van der Waals surface area contributed by atoms with E-state index in [2.05, 4.69) is 10.5 Å². The van der Waals surface area contributed by atoms with Gasteiger partial charge in [-0.1, -0.05) is 32.4 Å². The first kappa shape index (κ1) is 15.3. The quantitative estimate of drug-likeness (QED) is 0.829. The van der Waals surface area contributed by atoms with Gasteiger partial charge in [0.15, 0.2) is 23.0 Å². The van der Waals surface area contributed by atoms with Crippen molar-refractivity contribution in [2.45, 2.75) is 39.0 Å². The van der Waals surface area contributed by atoms with E-state index >= 15 is 0 Å². The second-order valence-corrected chi connectivity index (χ2v) is 7.65. The van der Waals surface area contributed by atoms with Crippen molar-refractivity contribution >= 4 is 34.4 Å². The molecule has 0 unspecified atom stereocenters. The maximum absolute atomic E-state index is 11.2. The first-order valence-corrected chi connectivity index (χ1v) is 8.30. The summed E-state index contributed by atoms with van der Waals surface area (Å²) in [6.07, 6.45) is 2.07. The van der Waals surface area contributed by atoms with Crippen LogP contribution in [0.1, 0.15) is 45.1 Å². The largest absolute Gasteiger partial charge is 0.439 e. The number of carbonyl (C=O) groups excluding carboxylic acids is 1. The van der Waals surface area contributed by atoms with Gasteiger partial charge in [0.2, 0.25) is 5.89 Å². The number of fused-ring (bicyclic) bond motifs is 1. The number of hydrogen-bond donors (Lipinski definition) is 1. The van der Waals surface area contributed by atoms with E-state index in [1.165, 1.54) is 0 Å². The fourth-order valence-electron chi connectivity index (χ4n) is 2.84. The number of hydroxylamine groups is 1. The minimum atomic E-state index is -0.240. The van der Waals surface area contributed by atoms with E-state index in [0.29, 0.717) is 39.4 Å². The Bertz CT molecular complexity index is 926. The third-order valence-corrected chi connectivity index (χ3v) is 4.54. The smallest absolute Gasteiger partial charge is 0.200 e. The number of rotatable bonds is 2. The molecule has 4 rings (SSSR count). The zero-order chi connectivity index (χ0) is 17.1. The summed E-state index contributed by atoms with van der Waals surface area (Å²) in [7, 11) is 0. The Morgan fingerprint density at radius 1 is 1.33 bits per heavy atom. The van der Waals surface area contributed by atoms with E-state index in [-0.39, 0.29) is 5.41 Å². The molecule has 5 nitrogen and oxygen atoms in total. The molecule has 0 atom stereocenters. The zero-order valence-electron chi connectivity index (χ0n) is 13.7. The van der Waals surface area contributed by atoms with Crippen molar-refractivity contribution in [3.63, 3.8) is 0 Å². The molecular formula is C18H17ClN2O3. The van der Waals surface area contributed by atoms with E-state index in [0.717, 1.165) is 24.0 Å². The molecule has 0 amide bonds. The third-order valence-electron chi connectivity index (χ3n) is 4.24. The highest BCUT2D eigenvalue weighted by Crippen LogP contribution is 2.46. The van der Waals surface area contributed by atoms with Crippen LogP contribution >= 0.6 is 11.6 Å². The zero-order valence-corrected chi connectivity index (χ0v) is 14.5. The van der Waals surface area contributed by atoms with Crippen molar-refractivity contribution in [1.82, 2.24) is 10.5 Å². The Morgan fingerprint density at radius 3 is 2.71 bits per heavy atom. The molecule has 2 heterocycles. The van der Waals surface area contributed by atoms with E-state index in [4.69, 9.17) is 20.9 Å². The number of nitrogens with one attached hydrogen (secondary N) is 1. The van der Waals surface area contributed by atoms with Crippen LogP contribution in [0.2, 0.25) is 5.02 Å². The van der Waals surface area contributed by atoms with Crippen LogP contribution in [0.25, 0.3) is 16.9 Å². The average molecular weight is 345 g/mol. The van der Waals surface area contributed by atoms with Gasteiger partial charge in [-0.3, -0.25) is 0 Å². The molecule has 124 valence electrons. The maximum atomic E-state index is 11.2. The number of oxazole rings is 1. The Labute approximate surface area is 144 Å². The number of aromatic nitrogens is 1. The van der Waals surface area contributed by atoms with Gasteiger partial charge in [0.05, 0.1) is 10.6 Å². The fourth-order valence-corrected chi connectivity index (χ4v) is 3.03. The maximum Gasteiger partial charge on any atom is 0.200 e. The second kappa shape index (κ2) is 5.13. The molecule has 2 aromatic rings. The lowest BCUT2D eigenvalue weighted by atomic mass is 9.97. The lowest BCUT2D eigenvalue weighted by molar-refractivity contribution is 0.211. The van der Waals surface area contributed by atoms with Gasteiger partial charge < -0.3 is 9.25 Å². The predicted octanol–water partition coefficient (Wildman–Crippen LogP) is 4.15. The summed E-state index contributed by atoms with van der Waals surface area (Å²) in [4.78, 5) is 21.3. The van der Waals surface area contributed by atoms with Crippen molar-refractivity contribution in [2.24, 2.45) is 5.92 Å². The number of benzene rings is 1. The molecule has 1 aromatic carbocycles. The van der Waals surface area contributed by atoms with E-state index in [9.17, 15) is 4.79 Å². The van der Waals surface area contributed by atoms with E-state index < -0.39 is 0 Å². The third kappa shape index (κ3) is 2.32. The fraction of sp³-hybridized carbons (Fsp3) is 0.389. The SMILES string of the molecule is CC(C)(C)c1nc2c(Cl)ccc(C3=C(C4CC4)C(=C=O)NO3)c2o1. The molecule has 0 bridgehead atoms. The summed E-state index contributed by atoms with van der Waals surface area (Å²) in [6, 6.07) is 3.62. The minimum Gasteiger partial charge on any atom is -0.439 e. The molecule has 1 N–H and O–H groups in total. The summed E-state index contributed by atoms with van der Waals surface area (Å²) in [5, 5.41) is 0.527. The molecule has 1 aromatic heterocycles. The topological polar surface area (TPSA) is 64.4 Å². The second-order valence-electron chi connectivity index (χ2n) is 7.24. The van der Waals surface area contributed by atoms with Crippen LogP contribution in [0.3, 0.4) is 0 Å². The van der Waals surface area contributed by atoms with E-state index in [1.807, 2.05) is 32.8 Å².